The molecular weight excluding hydrogens is 245 g/mol. The van der Waals surface area contributed by atoms with Crippen LogP contribution in [0.4, 0.5) is 4.39 Å². The van der Waals surface area contributed by atoms with Gasteiger partial charge >= 0.3 is 5.97 Å². The second-order valence-corrected chi connectivity index (χ2v) is 5.17. The highest BCUT2D eigenvalue weighted by molar-refractivity contribution is 5.67. The van der Waals surface area contributed by atoms with Gasteiger partial charge in [0.25, 0.3) is 0 Å². The van der Waals surface area contributed by atoms with Crippen molar-refractivity contribution in [2.75, 3.05) is 6.54 Å². The SMILES string of the molecule is CCN(C(C)CC(=O)O)C1CCc2cc(F)ccc21. The molecule has 104 valence electrons. The van der Waals surface area contributed by atoms with Gasteiger partial charge in [-0.25, -0.2) is 4.39 Å². The minimum atomic E-state index is -0.775. The maximum absolute atomic E-state index is 13.2. The lowest BCUT2D eigenvalue weighted by Gasteiger charge is -2.33. The van der Waals surface area contributed by atoms with E-state index < -0.39 is 5.97 Å². The Hall–Kier alpha value is -1.42. The molecule has 19 heavy (non-hydrogen) atoms. The van der Waals surface area contributed by atoms with E-state index in [2.05, 4.69) is 4.90 Å². The molecule has 0 bridgehead atoms. The molecule has 2 rings (SSSR count). The van der Waals surface area contributed by atoms with Gasteiger partial charge in [0, 0.05) is 12.1 Å². The van der Waals surface area contributed by atoms with Gasteiger partial charge in [0.1, 0.15) is 5.82 Å². The number of carboxylic acid groups (broad SMARTS) is 1. The van der Waals surface area contributed by atoms with Crippen LogP contribution >= 0.6 is 0 Å². The van der Waals surface area contributed by atoms with Crippen LogP contribution in [0.5, 0.6) is 0 Å². The summed E-state index contributed by atoms with van der Waals surface area (Å²) in [7, 11) is 0. The Kier molecular flexibility index (Phi) is 4.20. The number of rotatable bonds is 5. The van der Waals surface area contributed by atoms with E-state index >= 15 is 0 Å². The van der Waals surface area contributed by atoms with Crippen molar-refractivity contribution >= 4 is 5.97 Å². The van der Waals surface area contributed by atoms with Gasteiger partial charge in [0.15, 0.2) is 0 Å². The molecule has 1 N–H and O–H groups in total. The van der Waals surface area contributed by atoms with Crippen molar-refractivity contribution in [3.05, 3.63) is 35.1 Å². The van der Waals surface area contributed by atoms with Crippen LogP contribution in [0.3, 0.4) is 0 Å². The van der Waals surface area contributed by atoms with Gasteiger partial charge in [-0.2, -0.15) is 0 Å². The monoisotopic (exact) mass is 265 g/mol. The van der Waals surface area contributed by atoms with E-state index in [0.717, 1.165) is 30.5 Å². The van der Waals surface area contributed by atoms with Crippen LogP contribution in [0, 0.1) is 5.82 Å². The highest BCUT2D eigenvalue weighted by atomic mass is 19.1. The van der Waals surface area contributed by atoms with Crippen molar-refractivity contribution < 1.29 is 14.3 Å². The second-order valence-electron chi connectivity index (χ2n) is 5.17. The van der Waals surface area contributed by atoms with Crippen LogP contribution in [-0.4, -0.2) is 28.6 Å². The summed E-state index contributed by atoms with van der Waals surface area (Å²) in [6, 6.07) is 5.15. The van der Waals surface area contributed by atoms with Crippen LogP contribution < -0.4 is 0 Å². The lowest BCUT2D eigenvalue weighted by Crippen LogP contribution is -2.37. The summed E-state index contributed by atoms with van der Waals surface area (Å²) >= 11 is 0. The predicted molar refractivity (Wildman–Crippen MR) is 71.6 cm³/mol. The molecule has 0 spiro atoms. The Labute approximate surface area is 113 Å². The number of nitrogens with zero attached hydrogens (tertiary/aromatic N) is 1. The third-order valence-corrected chi connectivity index (χ3v) is 3.95. The zero-order valence-corrected chi connectivity index (χ0v) is 11.4. The van der Waals surface area contributed by atoms with Crippen molar-refractivity contribution in [2.45, 2.75) is 45.2 Å². The topological polar surface area (TPSA) is 40.5 Å². The third kappa shape index (κ3) is 2.95. The number of carbonyl (C=O) groups is 1. The molecule has 4 heteroatoms. The summed E-state index contributed by atoms with van der Waals surface area (Å²) in [6.07, 6.45) is 1.95. The molecule has 0 saturated carbocycles. The standard InChI is InChI=1S/C15H20FNO2/c1-3-17(10(2)8-15(18)19)14-7-4-11-9-12(16)5-6-13(11)14/h5-6,9-10,14H,3-4,7-8H2,1-2H3,(H,18,19). The molecule has 0 heterocycles. The van der Waals surface area contributed by atoms with Crippen LogP contribution in [0.2, 0.25) is 0 Å². The van der Waals surface area contributed by atoms with Crippen molar-refractivity contribution in [3.8, 4) is 0 Å². The van der Waals surface area contributed by atoms with E-state index in [1.54, 1.807) is 6.07 Å². The number of halogens is 1. The van der Waals surface area contributed by atoms with E-state index in [-0.39, 0.29) is 24.3 Å². The van der Waals surface area contributed by atoms with Crippen molar-refractivity contribution in [1.29, 1.82) is 0 Å². The zero-order chi connectivity index (χ0) is 14.0. The highest BCUT2D eigenvalue weighted by Crippen LogP contribution is 2.37. The molecule has 0 amide bonds. The Morgan fingerprint density at radius 3 is 2.95 bits per heavy atom. The maximum atomic E-state index is 13.2. The number of carboxylic acids is 1. The molecule has 0 saturated heterocycles. The minimum Gasteiger partial charge on any atom is -0.481 e. The Balaban J connectivity index is 2.20. The zero-order valence-electron chi connectivity index (χ0n) is 11.4. The Morgan fingerprint density at radius 2 is 2.32 bits per heavy atom. The highest BCUT2D eigenvalue weighted by Gasteiger charge is 2.30. The van der Waals surface area contributed by atoms with Crippen LogP contribution in [-0.2, 0) is 11.2 Å². The predicted octanol–water partition coefficient (Wildman–Crippen LogP) is 3.00. The van der Waals surface area contributed by atoms with E-state index in [4.69, 9.17) is 5.11 Å². The number of aliphatic carboxylic acids is 1. The van der Waals surface area contributed by atoms with Crippen LogP contribution in [0.15, 0.2) is 18.2 Å². The normalized spacial score (nSPS) is 19.5. The summed E-state index contributed by atoms with van der Waals surface area (Å²) in [5.74, 6) is -0.968. The van der Waals surface area contributed by atoms with E-state index in [0.29, 0.717) is 0 Å². The number of hydrogen-bond acceptors (Lipinski definition) is 2. The summed E-state index contributed by atoms with van der Waals surface area (Å²) in [6.45, 7) is 4.79. The summed E-state index contributed by atoms with van der Waals surface area (Å²) in [5, 5.41) is 8.93. The second kappa shape index (κ2) is 5.70. The molecule has 1 aliphatic rings. The number of benzene rings is 1. The summed E-state index contributed by atoms with van der Waals surface area (Å²) < 4.78 is 13.2. The molecule has 2 atom stereocenters. The summed E-state index contributed by atoms with van der Waals surface area (Å²) in [5.41, 5.74) is 2.21. The van der Waals surface area contributed by atoms with E-state index in [1.807, 2.05) is 19.9 Å². The van der Waals surface area contributed by atoms with E-state index in [1.165, 1.54) is 6.07 Å². The Morgan fingerprint density at radius 1 is 1.58 bits per heavy atom. The van der Waals surface area contributed by atoms with Crippen molar-refractivity contribution in [3.63, 3.8) is 0 Å². The molecule has 1 aromatic rings. The minimum absolute atomic E-state index is 0.0106. The van der Waals surface area contributed by atoms with Gasteiger partial charge < -0.3 is 5.11 Å². The third-order valence-electron chi connectivity index (χ3n) is 3.95. The van der Waals surface area contributed by atoms with Crippen LogP contribution in [0.25, 0.3) is 0 Å². The number of aryl methyl sites for hydroxylation is 1. The number of fused-ring (bicyclic) bond motifs is 1. The fourth-order valence-electron chi connectivity index (χ4n) is 3.12. The first-order chi connectivity index (χ1) is 9.02. The van der Waals surface area contributed by atoms with Gasteiger partial charge in [-0.15, -0.1) is 0 Å². The quantitative estimate of drug-likeness (QED) is 0.889. The molecule has 0 aromatic heterocycles. The Bertz CT molecular complexity index is 475. The first-order valence-electron chi connectivity index (χ1n) is 6.78. The fraction of sp³-hybridized carbons (Fsp3) is 0.533. The first kappa shape index (κ1) is 14.0. The van der Waals surface area contributed by atoms with Gasteiger partial charge in [0.2, 0.25) is 0 Å². The molecule has 0 fully saturated rings. The van der Waals surface area contributed by atoms with Crippen molar-refractivity contribution in [2.24, 2.45) is 0 Å². The smallest absolute Gasteiger partial charge is 0.304 e. The van der Waals surface area contributed by atoms with Gasteiger partial charge in [-0.3, -0.25) is 9.69 Å². The van der Waals surface area contributed by atoms with Crippen LogP contribution in [0.1, 0.15) is 43.9 Å². The maximum Gasteiger partial charge on any atom is 0.304 e. The molecular formula is C15H20FNO2. The largest absolute Gasteiger partial charge is 0.481 e. The average Bonchev–Trinajstić information content (AvgIpc) is 2.72. The molecule has 1 aliphatic carbocycles. The molecule has 3 nitrogen and oxygen atoms in total. The lowest BCUT2D eigenvalue weighted by atomic mass is 10.0. The van der Waals surface area contributed by atoms with Crippen molar-refractivity contribution in [1.82, 2.24) is 4.90 Å². The summed E-state index contributed by atoms with van der Waals surface area (Å²) in [4.78, 5) is 13.1. The van der Waals surface area contributed by atoms with Gasteiger partial charge in [-0.05, 0) is 49.6 Å². The molecule has 1 aromatic carbocycles. The average molecular weight is 265 g/mol. The first-order valence-corrected chi connectivity index (χ1v) is 6.78. The lowest BCUT2D eigenvalue weighted by molar-refractivity contribution is -0.138. The number of hydrogen-bond donors (Lipinski definition) is 1. The molecule has 2 unspecified atom stereocenters. The van der Waals surface area contributed by atoms with Gasteiger partial charge in [-0.1, -0.05) is 13.0 Å². The molecule has 0 aliphatic heterocycles. The molecule has 0 radical (unpaired) electrons. The fourth-order valence-corrected chi connectivity index (χ4v) is 3.12. The van der Waals surface area contributed by atoms with Gasteiger partial charge in [0.05, 0.1) is 6.42 Å². The van der Waals surface area contributed by atoms with E-state index in [9.17, 15) is 9.18 Å².